The van der Waals surface area contributed by atoms with Gasteiger partial charge >= 0.3 is 6.03 Å². The molecule has 0 aromatic rings. The summed E-state index contributed by atoms with van der Waals surface area (Å²) in [6.07, 6.45) is 1.73. The van der Waals surface area contributed by atoms with E-state index in [9.17, 15) is 4.79 Å². The van der Waals surface area contributed by atoms with E-state index in [-0.39, 0.29) is 6.03 Å². The minimum Gasteiger partial charge on any atom is -0.282 e. The lowest BCUT2D eigenvalue weighted by Crippen LogP contribution is -2.50. The Balaban J connectivity index is 2.29. The first-order valence-corrected chi connectivity index (χ1v) is 3.95. The first-order valence-electron chi connectivity index (χ1n) is 3.32. The van der Waals surface area contributed by atoms with Crippen LogP contribution < -0.4 is 16.3 Å². The molecule has 0 atom stereocenters. The number of amides is 2. The van der Waals surface area contributed by atoms with Crippen molar-refractivity contribution in [1.29, 1.82) is 0 Å². The lowest BCUT2D eigenvalue weighted by Gasteiger charge is -2.14. The second kappa shape index (κ2) is 4.07. The third-order valence-corrected chi connectivity index (χ3v) is 1.50. The molecule has 5 nitrogen and oxygen atoms in total. The smallest absolute Gasteiger partial charge is 0.282 e. The molecule has 3 N–H and O–H groups in total. The van der Waals surface area contributed by atoms with E-state index in [2.05, 4.69) is 34.0 Å². The van der Waals surface area contributed by atoms with Crippen LogP contribution >= 0.6 is 12.6 Å². The zero-order valence-corrected chi connectivity index (χ0v) is 6.82. The molecule has 1 aliphatic heterocycles. The molecule has 1 heterocycles. The predicted octanol–water partition coefficient (Wildman–Crippen LogP) is -0.173. The summed E-state index contributed by atoms with van der Waals surface area (Å²) in [6.45, 7) is 0. The second-order valence-electron chi connectivity index (χ2n) is 2.08. The van der Waals surface area contributed by atoms with Crippen molar-refractivity contribution in [3.63, 3.8) is 0 Å². The number of carbonyl (C=O) groups is 1. The van der Waals surface area contributed by atoms with Crippen LogP contribution in [0.2, 0.25) is 0 Å². The van der Waals surface area contributed by atoms with Crippen molar-refractivity contribution in [1.82, 2.24) is 16.3 Å². The van der Waals surface area contributed by atoms with Crippen LogP contribution in [-0.4, -0.2) is 17.6 Å². The maximum atomic E-state index is 10.5. The lowest BCUT2D eigenvalue weighted by atomic mass is 10.3. The Morgan fingerprint density at radius 3 is 2.82 bits per heavy atom. The number of hydrogen-bond acceptors (Lipinski definition) is 4. The van der Waals surface area contributed by atoms with Crippen LogP contribution in [0.3, 0.4) is 0 Å². The van der Waals surface area contributed by atoms with Gasteiger partial charge in [-0.05, 0) is 12.2 Å². The molecule has 0 aromatic carbocycles. The first kappa shape index (κ1) is 8.19. The van der Waals surface area contributed by atoms with Crippen molar-refractivity contribution in [2.24, 2.45) is 5.10 Å². The molecule has 6 heteroatoms. The number of rotatable bonds is 3. The lowest BCUT2D eigenvalue weighted by molar-refractivity contribution is 0.237. The Morgan fingerprint density at radius 2 is 2.27 bits per heavy atom. The van der Waals surface area contributed by atoms with Crippen LogP contribution in [0, 0.1) is 0 Å². The molecule has 0 saturated carbocycles. The van der Waals surface area contributed by atoms with Crippen LogP contribution in [0.25, 0.3) is 0 Å². The number of carbonyl (C=O) groups excluding carboxylic acids is 1. The SMILES string of the molecule is O=C1NN=C(CCCS)NN1. The third kappa shape index (κ3) is 2.67. The van der Waals surface area contributed by atoms with Gasteiger partial charge < -0.3 is 0 Å². The van der Waals surface area contributed by atoms with Gasteiger partial charge in [0, 0.05) is 6.42 Å². The van der Waals surface area contributed by atoms with Gasteiger partial charge in [0.25, 0.3) is 0 Å². The van der Waals surface area contributed by atoms with Gasteiger partial charge in [0.05, 0.1) is 0 Å². The second-order valence-corrected chi connectivity index (χ2v) is 2.52. The molecule has 0 bridgehead atoms. The van der Waals surface area contributed by atoms with Crippen molar-refractivity contribution < 1.29 is 4.79 Å². The molecule has 0 spiro atoms. The normalized spacial score (nSPS) is 16.1. The highest BCUT2D eigenvalue weighted by Gasteiger charge is 2.07. The summed E-state index contributed by atoms with van der Waals surface area (Å²) in [5.74, 6) is 1.55. The van der Waals surface area contributed by atoms with Crippen molar-refractivity contribution >= 4 is 24.5 Å². The number of urea groups is 1. The average molecular weight is 174 g/mol. The van der Waals surface area contributed by atoms with Crippen molar-refractivity contribution in [3.8, 4) is 0 Å². The topological polar surface area (TPSA) is 65.5 Å². The summed E-state index contributed by atoms with van der Waals surface area (Å²) in [6, 6.07) is -0.334. The van der Waals surface area contributed by atoms with E-state index in [1.54, 1.807) is 0 Å². The van der Waals surface area contributed by atoms with E-state index in [4.69, 9.17) is 0 Å². The average Bonchev–Trinajstić information content (AvgIpc) is 2.04. The molecule has 11 heavy (non-hydrogen) atoms. The van der Waals surface area contributed by atoms with E-state index in [1.807, 2.05) is 0 Å². The number of thiol groups is 1. The zero-order valence-electron chi connectivity index (χ0n) is 5.92. The fourth-order valence-corrected chi connectivity index (χ4v) is 0.826. The number of hydrazine groups is 1. The van der Waals surface area contributed by atoms with Gasteiger partial charge in [0.2, 0.25) is 0 Å². The van der Waals surface area contributed by atoms with Gasteiger partial charge in [0.15, 0.2) is 0 Å². The molecule has 1 rings (SSSR count). The molecule has 0 aliphatic carbocycles. The monoisotopic (exact) mass is 174 g/mol. The fourth-order valence-electron chi connectivity index (χ4n) is 0.668. The Kier molecular flexibility index (Phi) is 3.03. The Bertz CT molecular complexity index is 181. The zero-order chi connectivity index (χ0) is 8.10. The van der Waals surface area contributed by atoms with Gasteiger partial charge in [-0.25, -0.2) is 15.6 Å². The van der Waals surface area contributed by atoms with Crippen molar-refractivity contribution in [2.75, 3.05) is 5.75 Å². The minimum absolute atomic E-state index is 0.334. The van der Waals surface area contributed by atoms with Gasteiger partial charge in [-0.15, -0.1) is 0 Å². The maximum absolute atomic E-state index is 10.5. The molecular formula is C5H10N4OS. The number of amidine groups is 1. The third-order valence-electron chi connectivity index (χ3n) is 1.18. The molecule has 1 aliphatic rings. The molecule has 2 amide bonds. The van der Waals surface area contributed by atoms with Gasteiger partial charge in [-0.3, -0.25) is 5.43 Å². The summed E-state index contributed by atoms with van der Waals surface area (Å²) in [5.41, 5.74) is 7.33. The van der Waals surface area contributed by atoms with E-state index in [1.165, 1.54) is 0 Å². The minimum atomic E-state index is -0.334. The number of nitrogens with zero attached hydrogens (tertiary/aromatic N) is 1. The van der Waals surface area contributed by atoms with Crippen molar-refractivity contribution in [3.05, 3.63) is 0 Å². The summed E-state index contributed by atoms with van der Waals surface area (Å²) in [7, 11) is 0. The molecule has 0 fully saturated rings. The van der Waals surface area contributed by atoms with Crippen molar-refractivity contribution in [2.45, 2.75) is 12.8 Å². The van der Waals surface area contributed by atoms with Gasteiger partial charge in [-0.1, -0.05) is 0 Å². The Labute approximate surface area is 70.0 Å². The van der Waals surface area contributed by atoms with Crippen LogP contribution in [0.1, 0.15) is 12.8 Å². The number of hydrogen-bond donors (Lipinski definition) is 4. The number of nitrogens with one attached hydrogen (secondary N) is 3. The summed E-state index contributed by atoms with van der Waals surface area (Å²) < 4.78 is 0. The molecular weight excluding hydrogens is 164 g/mol. The predicted molar refractivity (Wildman–Crippen MR) is 45.3 cm³/mol. The van der Waals surface area contributed by atoms with Gasteiger partial charge in [-0.2, -0.15) is 17.7 Å². The summed E-state index contributed by atoms with van der Waals surface area (Å²) in [5, 5.41) is 3.76. The maximum Gasteiger partial charge on any atom is 0.353 e. The van der Waals surface area contributed by atoms with Gasteiger partial charge in [0.1, 0.15) is 5.84 Å². The quantitative estimate of drug-likeness (QED) is 0.449. The highest BCUT2D eigenvalue weighted by Crippen LogP contribution is 1.93. The molecule has 62 valence electrons. The standard InChI is InChI=1S/C5H10N4OS/c10-5-8-6-4(7-9-5)2-1-3-11/h11H,1-3H2,(H,6,7)(H2,8,9,10). The van der Waals surface area contributed by atoms with Crippen LogP contribution in [0.5, 0.6) is 0 Å². The summed E-state index contributed by atoms with van der Waals surface area (Å²) >= 11 is 4.05. The Hall–Kier alpha value is -0.910. The van der Waals surface area contributed by atoms with E-state index in [0.717, 1.165) is 24.4 Å². The molecule has 0 saturated heterocycles. The highest BCUT2D eigenvalue weighted by molar-refractivity contribution is 7.80. The van der Waals surface area contributed by atoms with E-state index < -0.39 is 0 Å². The first-order chi connectivity index (χ1) is 5.33. The number of hydrazone groups is 1. The van der Waals surface area contributed by atoms with Crippen LogP contribution in [0.15, 0.2) is 5.10 Å². The molecule has 0 radical (unpaired) electrons. The molecule has 0 aromatic heterocycles. The largest absolute Gasteiger partial charge is 0.353 e. The van der Waals surface area contributed by atoms with Crippen LogP contribution in [-0.2, 0) is 0 Å². The van der Waals surface area contributed by atoms with E-state index in [0.29, 0.717) is 0 Å². The summed E-state index contributed by atoms with van der Waals surface area (Å²) in [4.78, 5) is 10.5. The van der Waals surface area contributed by atoms with Crippen LogP contribution in [0.4, 0.5) is 4.79 Å². The van der Waals surface area contributed by atoms with E-state index >= 15 is 0 Å². The highest BCUT2D eigenvalue weighted by atomic mass is 32.1. The molecule has 0 unspecified atom stereocenters. The fraction of sp³-hybridized carbons (Fsp3) is 0.600. The Morgan fingerprint density at radius 1 is 1.45 bits per heavy atom.